The van der Waals surface area contributed by atoms with Crippen LogP contribution in [-0.2, 0) is 22.4 Å². The Bertz CT molecular complexity index is 893. The summed E-state index contributed by atoms with van der Waals surface area (Å²) >= 11 is 1.63. The topological polar surface area (TPSA) is 66.5 Å². The molecule has 0 unspecified atom stereocenters. The number of amides is 3. The molecule has 1 aromatic rings. The van der Waals surface area contributed by atoms with Gasteiger partial charge in [0.25, 0.3) is 17.7 Å². The molecule has 154 valence electrons. The molecule has 0 spiro atoms. The molecular weight excluding hydrogens is 384 g/mol. The molecule has 3 amide bonds. The van der Waals surface area contributed by atoms with E-state index in [4.69, 9.17) is 0 Å². The number of nitrogens with one attached hydrogen (secondary N) is 1. The number of allylic oxidation sites excluding steroid dienone is 2. The number of hydrazine groups is 1. The number of nitrogens with zero attached hydrogens (tertiary/aromatic N) is 1. The molecule has 0 aromatic carbocycles. The Hall–Kier alpha value is -1.95. The van der Waals surface area contributed by atoms with Gasteiger partial charge in [0.1, 0.15) is 0 Å². The Morgan fingerprint density at radius 2 is 1.69 bits per heavy atom. The van der Waals surface area contributed by atoms with E-state index in [-0.39, 0.29) is 46.8 Å². The van der Waals surface area contributed by atoms with E-state index in [0.717, 1.165) is 42.7 Å². The van der Waals surface area contributed by atoms with Crippen LogP contribution in [0.4, 0.5) is 0 Å². The monoisotopic (exact) mass is 412 g/mol. The van der Waals surface area contributed by atoms with Crippen LogP contribution in [-0.4, -0.2) is 22.7 Å². The Morgan fingerprint density at radius 3 is 2.24 bits per heavy atom. The van der Waals surface area contributed by atoms with Crippen molar-refractivity contribution in [3.8, 4) is 0 Å². The molecule has 4 aliphatic carbocycles. The highest BCUT2D eigenvalue weighted by Gasteiger charge is 2.57. The van der Waals surface area contributed by atoms with E-state index in [1.165, 1.54) is 4.88 Å². The van der Waals surface area contributed by atoms with Gasteiger partial charge in [0.15, 0.2) is 0 Å². The summed E-state index contributed by atoms with van der Waals surface area (Å²) in [4.78, 5) is 40.2. The molecule has 0 radical (unpaired) electrons. The lowest BCUT2D eigenvalue weighted by Gasteiger charge is -2.37. The number of fused-ring (bicyclic) bond motifs is 2. The maximum Gasteiger partial charge on any atom is 0.271 e. The molecule has 6 heteroatoms. The molecule has 6 rings (SSSR count). The van der Waals surface area contributed by atoms with E-state index < -0.39 is 0 Å². The lowest BCUT2D eigenvalue weighted by molar-refractivity contribution is -0.143. The van der Waals surface area contributed by atoms with Crippen molar-refractivity contribution < 1.29 is 14.4 Å². The largest absolute Gasteiger partial charge is 0.272 e. The minimum Gasteiger partial charge on any atom is -0.272 e. The highest BCUT2D eigenvalue weighted by Crippen LogP contribution is 2.49. The summed E-state index contributed by atoms with van der Waals surface area (Å²) in [6, 6.07) is 0. The SMILES string of the molecule is CC(C)(C)[C@@H]1CCc2c(C(=O)NN3C(=O)[C@@H]4[C@@H](C3=O)[C@@H]3C=C[C@@H]4CC3)csc2C1. The molecule has 5 aliphatic rings. The van der Waals surface area contributed by atoms with Crippen LogP contribution >= 0.6 is 11.3 Å². The van der Waals surface area contributed by atoms with Crippen molar-refractivity contribution >= 4 is 29.1 Å². The van der Waals surface area contributed by atoms with E-state index in [2.05, 4.69) is 38.3 Å². The molecule has 1 aliphatic heterocycles. The van der Waals surface area contributed by atoms with Gasteiger partial charge in [0.2, 0.25) is 0 Å². The fraction of sp³-hybridized carbons (Fsp3) is 0.609. The third-order valence-electron chi connectivity index (χ3n) is 7.60. The molecule has 5 nitrogen and oxygen atoms in total. The second-order valence-corrected chi connectivity index (χ2v) is 11.1. The first kappa shape index (κ1) is 19.0. The van der Waals surface area contributed by atoms with Gasteiger partial charge in [0, 0.05) is 10.3 Å². The zero-order valence-corrected chi connectivity index (χ0v) is 18.1. The van der Waals surface area contributed by atoms with Crippen LogP contribution in [0.2, 0.25) is 0 Å². The van der Waals surface area contributed by atoms with Crippen LogP contribution in [0, 0.1) is 35.0 Å². The molecule has 2 heterocycles. The first-order chi connectivity index (χ1) is 13.8. The summed E-state index contributed by atoms with van der Waals surface area (Å²) in [6.07, 6.45) is 9.03. The van der Waals surface area contributed by atoms with Crippen molar-refractivity contribution in [1.29, 1.82) is 0 Å². The second kappa shape index (κ2) is 6.53. The summed E-state index contributed by atoms with van der Waals surface area (Å²) in [6.45, 7) is 6.82. The highest BCUT2D eigenvalue weighted by atomic mass is 32.1. The van der Waals surface area contributed by atoms with E-state index >= 15 is 0 Å². The third-order valence-corrected chi connectivity index (χ3v) is 8.65. The molecule has 2 fully saturated rings. The lowest BCUT2D eigenvalue weighted by Crippen LogP contribution is -2.47. The smallest absolute Gasteiger partial charge is 0.271 e. The Labute approximate surface area is 175 Å². The van der Waals surface area contributed by atoms with Crippen LogP contribution in [0.15, 0.2) is 17.5 Å². The quantitative estimate of drug-likeness (QED) is 0.594. The zero-order valence-electron chi connectivity index (χ0n) is 17.2. The number of rotatable bonds is 2. The predicted molar refractivity (Wildman–Crippen MR) is 111 cm³/mol. The van der Waals surface area contributed by atoms with Crippen molar-refractivity contribution in [1.82, 2.24) is 10.4 Å². The number of thiophene rings is 1. The van der Waals surface area contributed by atoms with Gasteiger partial charge in [-0.2, -0.15) is 5.01 Å². The molecule has 1 N–H and O–H groups in total. The van der Waals surface area contributed by atoms with Gasteiger partial charge in [-0.1, -0.05) is 32.9 Å². The molecule has 1 aromatic heterocycles. The van der Waals surface area contributed by atoms with Gasteiger partial charge in [-0.15, -0.1) is 11.3 Å². The standard InChI is InChI=1S/C23H28N2O3S/c1-23(2,3)14-8-9-15-16(11-29-17(15)10-14)20(26)24-25-21(27)18-12-4-5-13(7-6-12)19(18)22(25)28/h4-5,11-14,18-19H,6-10H2,1-3H3,(H,24,26)/t12-,13-,14-,18+,19+/m1/s1. The van der Waals surface area contributed by atoms with Gasteiger partial charge in [-0.3, -0.25) is 19.8 Å². The van der Waals surface area contributed by atoms with Gasteiger partial charge in [-0.05, 0) is 60.8 Å². The first-order valence-corrected chi connectivity index (χ1v) is 11.6. The number of imide groups is 1. The lowest BCUT2D eigenvalue weighted by atomic mass is 9.63. The van der Waals surface area contributed by atoms with Crippen molar-refractivity contribution in [3.63, 3.8) is 0 Å². The van der Waals surface area contributed by atoms with E-state index in [1.807, 2.05) is 5.38 Å². The second-order valence-electron chi connectivity index (χ2n) is 10.2. The fourth-order valence-electron chi connectivity index (χ4n) is 5.79. The van der Waals surface area contributed by atoms with E-state index in [1.54, 1.807) is 11.3 Å². The van der Waals surface area contributed by atoms with Crippen molar-refractivity contribution in [2.45, 2.75) is 52.9 Å². The number of carbonyl (C=O) groups is 3. The van der Waals surface area contributed by atoms with Gasteiger partial charge < -0.3 is 0 Å². The molecule has 2 bridgehead atoms. The predicted octanol–water partition coefficient (Wildman–Crippen LogP) is 3.74. The minimum atomic E-state index is -0.322. The average Bonchev–Trinajstić information content (AvgIpc) is 3.24. The summed E-state index contributed by atoms with van der Waals surface area (Å²) in [5, 5.41) is 2.93. The molecule has 29 heavy (non-hydrogen) atoms. The summed E-state index contributed by atoms with van der Waals surface area (Å²) in [7, 11) is 0. The van der Waals surface area contributed by atoms with Crippen LogP contribution in [0.5, 0.6) is 0 Å². The number of hydrogen-bond donors (Lipinski definition) is 1. The molecule has 5 atom stereocenters. The summed E-state index contributed by atoms with van der Waals surface area (Å²) in [5.41, 5.74) is 4.66. The maximum absolute atomic E-state index is 13.0. The Balaban J connectivity index is 1.34. The van der Waals surface area contributed by atoms with Crippen molar-refractivity contribution in [2.24, 2.45) is 35.0 Å². The first-order valence-electron chi connectivity index (χ1n) is 10.7. The van der Waals surface area contributed by atoms with Crippen LogP contribution < -0.4 is 5.43 Å². The van der Waals surface area contributed by atoms with Gasteiger partial charge in [0.05, 0.1) is 17.4 Å². The van der Waals surface area contributed by atoms with Gasteiger partial charge in [-0.25, -0.2) is 0 Å². The maximum atomic E-state index is 13.0. The van der Waals surface area contributed by atoms with E-state index in [0.29, 0.717) is 11.5 Å². The summed E-state index contributed by atoms with van der Waals surface area (Å²) < 4.78 is 0. The van der Waals surface area contributed by atoms with Crippen molar-refractivity contribution in [3.05, 3.63) is 33.5 Å². The molecule has 1 saturated heterocycles. The molecular formula is C23H28N2O3S. The average molecular weight is 413 g/mol. The highest BCUT2D eigenvalue weighted by molar-refractivity contribution is 7.10. The third kappa shape index (κ3) is 2.90. The number of carbonyl (C=O) groups excluding carboxylic acids is 3. The fourth-order valence-corrected chi connectivity index (χ4v) is 6.95. The van der Waals surface area contributed by atoms with E-state index in [9.17, 15) is 14.4 Å². The summed E-state index contributed by atoms with van der Waals surface area (Å²) in [5.74, 6) is -0.507. The van der Waals surface area contributed by atoms with Crippen molar-refractivity contribution in [2.75, 3.05) is 0 Å². The Morgan fingerprint density at radius 1 is 1.07 bits per heavy atom. The van der Waals surface area contributed by atoms with Crippen LogP contribution in [0.3, 0.4) is 0 Å². The van der Waals surface area contributed by atoms with Crippen LogP contribution in [0.1, 0.15) is 60.8 Å². The van der Waals surface area contributed by atoms with Gasteiger partial charge >= 0.3 is 0 Å². The molecule has 1 saturated carbocycles. The van der Waals surface area contributed by atoms with Crippen LogP contribution in [0.25, 0.3) is 0 Å². The Kier molecular flexibility index (Phi) is 4.28. The zero-order chi connectivity index (χ0) is 20.5. The minimum absolute atomic E-state index is 0.131. The number of hydrogen-bond acceptors (Lipinski definition) is 4. The normalized spacial score (nSPS) is 33.1.